The Balaban J connectivity index is 1.65. The smallest absolute Gasteiger partial charge is 0.410 e. The molecule has 0 bridgehead atoms. The molecule has 1 fully saturated rings. The van der Waals surface area contributed by atoms with Gasteiger partial charge in [0.2, 0.25) is 5.91 Å². The molecule has 1 saturated heterocycles. The van der Waals surface area contributed by atoms with Crippen LogP contribution in [0.3, 0.4) is 0 Å². The number of likely N-dealkylation sites (tertiary alicyclic amines) is 1. The number of carbonyl (C=O) groups excluding carboxylic acids is 3. The fourth-order valence-corrected chi connectivity index (χ4v) is 3.76. The van der Waals surface area contributed by atoms with Gasteiger partial charge in [-0.2, -0.15) is 0 Å². The predicted octanol–water partition coefficient (Wildman–Crippen LogP) is 2.70. The molecule has 3 rings (SSSR count). The van der Waals surface area contributed by atoms with Gasteiger partial charge in [0.1, 0.15) is 24.4 Å². The summed E-state index contributed by atoms with van der Waals surface area (Å²) < 4.78 is 15.6. The molecule has 170 valence electrons. The number of methoxy groups -OCH3 is 2. The Kier molecular flexibility index (Phi) is 8.08. The van der Waals surface area contributed by atoms with Gasteiger partial charge in [-0.1, -0.05) is 48.5 Å². The maximum absolute atomic E-state index is 13.0. The molecule has 8 nitrogen and oxygen atoms in total. The van der Waals surface area contributed by atoms with Crippen molar-refractivity contribution in [3.8, 4) is 5.75 Å². The van der Waals surface area contributed by atoms with Crippen LogP contribution in [0.25, 0.3) is 0 Å². The van der Waals surface area contributed by atoms with Crippen molar-refractivity contribution in [2.45, 2.75) is 38.0 Å². The highest BCUT2D eigenvalue weighted by molar-refractivity contribution is 5.90. The molecular weight excluding hydrogens is 412 g/mol. The number of hydrogen-bond acceptors (Lipinski definition) is 6. The third-order valence-electron chi connectivity index (χ3n) is 5.41. The molecule has 0 spiro atoms. The number of carbonyl (C=O) groups is 3. The molecule has 8 heteroatoms. The van der Waals surface area contributed by atoms with Gasteiger partial charge in [-0.05, 0) is 30.0 Å². The quantitative estimate of drug-likeness (QED) is 0.635. The van der Waals surface area contributed by atoms with E-state index in [0.717, 1.165) is 11.1 Å². The minimum absolute atomic E-state index is 0.128. The Labute approximate surface area is 187 Å². The Morgan fingerprint density at radius 1 is 1.06 bits per heavy atom. The summed E-state index contributed by atoms with van der Waals surface area (Å²) >= 11 is 0. The lowest BCUT2D eigenvalue weighted by atomic mass is 10.0. The first-order chi connectivity index (χ1) is 15.5. The van der Waals surface area contributed by atoms with Crippen molar-refractivity contribution in [1.29, 1.82) is 0 Å². The molecule has 1 aliphatic rings. The molecule has 2 aromatic carbocycles. The Bertz CT molecular complexity index is 933. The second-order valence-corrected chi connectivity index (χ2v) is 7.49. The van der Waals surface area contributed by atoms with Gasteiger partial charge in [0.25, 0.3) is 0 Å². The summed E-state index contributed by atoms with van der Waals surface area (Å²) in [5, 5.41) is 2.75. The standard InChI is InChI=1S/C24H28N2O6/c1-30-21-13-7-6-11-18(21)15-19(23(28)31-2)25-22(27)20-12-8-14-26(20)24(29)32-16-17-9-4-3-5-10-17/h3-7,9-11,13,19-20H,8,12,14-16H2,1-2H3,(H,25,27)/t19-,20-/m1/s1. The highest BCUT2D eigenvalue weighted by Gasteiger charge is 2.37. The largest absolute Gasteiger partial charge is 0.496 e. The van der Waals surface area contributed by atoms with Crippen molar-refractivity contribution >= 4 is 18.0 Å². The second kappa shape index (κ2) is 11.2. The zero-order valence-electron chi connectivity index (χ0n) is 18.3. The Hall–Kier alpha value is -3.55. The van der Waals surface area contributed by atoms with Crippen LogP contribution >= 0.6 is 0 Å². The third-order valence-corrected chi connectivity index (χ3v) is 5.41. The van der Waals surface area contributed by atoms with Crippen LogP contribution in [0.15, 0.2) is 54.6 Å². The van der Waals surface area contributed by atoms with Gasteiger partial charge in [0, 0.05) is 13.0 Å². The minimum Gasteiger partial charge on any atom is -0.496 e. The van der Waals surface area contributed by atoms with Gasteiger partial charge in [0.15, 0.2) is 0 Å². The zero-order valence-corrected chi connectivity index (χ0v) is 18.3. The summed E-state index contributed by atoms with van der Waals surface area (Å²) in [6.07, 6.45) is 0.821. The molecule has 0 aromatic heterocycles. The van der Waals surface area contributed by atoms with Crippen LogP contribution in [0.4, 0.5) is 4.79 Å². The first-order valence-corrected chi connectivity index (χ1v) is 10.5. The van der Waals surface area contributed by atoms with E-state index in [1.54, 1.807) is 13.2 Å². The van der Waals surface area contributed by atoms with E-state index in [9.17, 15) is 14.4 Å². The summed E-state index contributed by atoms with van der Waals surface area (Å²) in [4.78, 5) is 39.4. The van der Waals surface area contributed by atoms with Gasteiger partial charge in [0.05, 0.1) is 14.2 Å². The molecule has 1 N–H and O–H groups in total. The topological polar surface area (TPSA) is 94.2 Å². The molecule has 2 aromatic rings. The van der Waals surface area contributed by atoms with E-state index in [-0.39, 0.29) is 13.0 Å². The lowest BCUT2D eigenvalue weighted by molar-refractivity contribution is -0.145. The van der Waals surface area contributed by atoms with Crippen LogP contribution in [0.1, 0.15) is 24.0 Å². The van der Waals surface area contributed by atoms with Crippen LogP contribution < -0.4 is 10.1 Å². The van der Waals surface area contributed by atoms with Crippen LogP contribution in [-0.4, -0.2) is 55.7 Å². The lowest BCUT2D eigenvalue weighted by Gasteiger charge is -2.25. The normalized spacial score (nSPS) is 16.2. The summed E-state index contributed by atoms with van der Waals surface area (Å²) in [6.45, 7) is 0.546. The number of nitrogens with one attached hydrogen (secondary N) is 1. The summed E-state index contributed by atoms with van der Waals surface area (Å²) in [5.74, 6) is -0.368. The lowest BCUT2D eigenvalue weighted by Crippen LogP contribution is -2.51. The second-order valence-electron chi connectivity index (χ2n) is 7.49. The molecule has 0 unspecified atom stereocenters. The van der Waals surface area contributed by atoms with Gasteiger partial charge in [-0.3, -0.25) is 9.69 Å². The molecule has 2 amide bonds. The first-order valence-electron chi connectivity index (χ1n) is 10.5. The molecule has 1 heterocycles. The van der Waals surface area contributed by atoms with Crippen LogP contribution in [0.5, 0.6) is 5.75 Å². The van der Waals surface area contributed by atoms with E-state index in [2.05, 4.69) is 5.32 Å². The highest BCUT2D eigenvalue weighted by Crippen LogP contribution is 2.22. The number of ether oxygens (including phenoxy) is 3. The Morgan fingerprint density at radius 2 is 1.78 bits per heavy atom. The Morgan fingerprint density at radius 3 is 2.50 bits per heavy atom. The van der Waals surface area contributed by atoms with Crippen LogP contribution in [0, 0.1) is 0 Å². The van der Waals surface area contributed by atoms with Gasteiger partial charge < -0.3 is 19.5 Å². The van der Waals surface area contributed by atoms with Crippen molar-refractivity contribution in [1.82, 2.24) is 10.2 Å². The first kappa shape index (κ1) is 23.1. The van der Waals surface area contributed by atoms with E-state index >= 15 is 0 Å². The van der Waals surface area contributed by atoms with Crippen molar-refractivity contribution in [3.63, 3.8) is 0 Å². The molecule has 1 aliphatic heterocycles. The molecule has 0 radical (unpaired) electrons. The monoisotopic (exact) mass is 440 g/mol. The maximum atomic E-state index is 13.0. The summed E-state index contributed by atoms with van der Waals surface area (Å²) in [5.41, 5.74) is 1.62. The minimum atomic E-state index is -0.911. The average Bonchev–Trinajstić information content (AvgIpc) is 3.33. The number of rotatable bonds is 8. The molecule has 32 heavy (non-hydrogen) atoms. The van der Waals surface area contributed by atoms with Gasteiger partial charge >= 0.3 is 12.1 Å². The van der Waals surface area contributed by atoms with E-state index in [0.29, 0.717) is 25.1 Å². The van der Waals surface area contributed by atoms with Crippen molar-refractivity contribution in [2.75, 3.05) is 20.8 Å². The molecular formula is C24H28N2O6. The van der Waals surface area contributed by atoms with Crippen molar-refractivity contribution in [2.24, 2.45) is 0 Å². The third kappa shape index (κ3) is 5.78. The number of para-hydroxylation sites is 1. The average molecular weight is 440 g/mol. The zero-order chi connectivity index (χ0) is 22.9. The maximum Gasteiger partial charge on any atom is 0.410 e. The van der Waals surface area contributed by atoms with Gasteiger partial charge in [-0.25, -0.2) is 9.59 Å². The van der Waals surface area contributed by atoms with E-state index in [4.69, 9.17) is 14.2 Å². The summed E-state index contributed by atoms with van der Waals surface area (Å²) in [6, 6.07) is 15.0. The number of benzene rings is 2. The molecule has 0 aliphatic carbocycles. The van der Waals surface area contributed by atoms with Crippen LogP contribution in [-0.2, 0) is 32.1 Å². The van der Waals surface area contributed by atoms with Crippen LogP contribution in [0.2, 0.25) is 0 Å². The van der Waals surface area contributed by atoms with E-state index in [1.165, 1.54) is 12.0 Å². The van der Waals surface area contributed by atoms with Crippen molar-refractivity contribution < 1.29 is 28.6 Å². The number of esters is 1. The SMILES string of the molecule is COC(=O)[C@@H](Cc1ccccc1OC)NC(=O)[C@H]1CCCN1C(=O)OCc1ccccc1. The van der Waals surface area contributed by atoms with Crippen molar-refractivity contribution in [3.05, 3.63) is 65.7 Å². The van der Waals surface area contributed by atoms with Gasteiger partial charge in [-0.15, -0.1) is 0 Å². The summed E-state index contributed by atoms with van der Waals surface area (Å²) in [7, 11) is 2.81. The number of nitrogens with zero attached hydrogens (tertiary/aromatic N) is 1. The molecule has 0 saturated carbocycles. The highest BCUT2D eigenvalue weighted by atomic mass is 16.6. The molecule has 2 atom stereocenters. The predicted molar refractivity (Wildman–Crippen MR) is 117 cm³/mol. The van der Waals surface area contributed by atoms with E-state index < -0.39 is 30.1 Å². The fraction of sp³-hybridized carbons (Fsp3) is 0.375. The number of hydrogen-bond donors (Lipinski definition) is 1. The van der Waals surface area contributed by atoms with E-state index in [1.807, 2.05) is 48.5 Å². The number of amides is 2. The fourth-order valence-electron chi connectivity index (χ4n) is 3.76.